The molecule has 4 aromatic rings. The minimum absolute atomic E-state index is 0.00766. The summed E-state index contributed by atoms with van der Waals surface area (Å²) in [5, 5.41) is 12.7. The third-order valence-corrected chi connectivity index (χ3v) is 7.39. The molecule has 11 nitrogen and oxygen atoms in total. The lowest BCUT2D eigenvalue weighted by Gasteiger charge is -2.14. The molecule has 0 radical (unpaired) electrons. The van der Waals surface area contributed by atoms with Gasteiger partial charge in [0, 0.05) is 43.9 Å². The number of rotatable bonds is 7. The monoisotopic (exact) mass is 564 g/mol. The Morgan fingerprint density at radius 2 is 1.73 bits per heavy atom. The number of esters is 1. The molecule has 4 rings (SSSR count). The summed E-state index contributed by atoms with van der Waals surface area (Å²) in [7, 11) is -0.499. The van der Waals surface area contributed by atoms with Gasteiger partial charge in [0.25, 0.3) is 0 Å². The van der Waals surface area contributed by atoms with E-state index in [1.165, 1.54) is 51.8 Å². The SMILES string of the molecule is Cc1nn(C)cc1C(=O)Oc1c(C(=O)c2ccc(S(C)(=O)=O)c(Cn3cc(Cl)cn3)c2Cl)c(C)nn1C. The number of halogens is 2. The maximum Gasteiger partial charge on any atom is 0.348 e. The first kappa shape index (κ1) is 26.6. The smallest absolute Gasteiger partial charge is 0.348 e. The van der Waals surface area contributed by atoms with E-state index in [2.05, 4.69) is 15.3 Å². The first-order valence-corrected chi connectivity index (χ1v) is 13.4. The van der Waals surface area contributed by atoms with Gasteiger partial charge in [0.05, 0.1) is 39.1 Å². The normalized spacial score (nSPS) is 11.6. The number of benzene rings is 1. The highest BCUT2D eigenvalue weighted by atomic mass is 35.5. The largest absolute Gasteiger partial charge is 0.403 e. The zero-order chi connectivity index (χ0) is 27.2. The van der Waals surface area contributed by atoms with E-state index in [4.69, 9.17) is 27.9 Å². The first-order chi connectivity index (χ1) is 17.3. The van der Waals surface area contributed by atoms with E-state index in [0.29, 0.717) is 16.4 Å². The topological polar surface area (TPSA) is 131 Å². The molecule has 0 saturated heterocycles. The van der Waals surface area contributed by atoms with E-state index in [1.54, 1.807) is 20.9 Å². The molecule has 0 spiro atoms. The van der Waals surface area contributed by atoms with Crippen molar-refractivity contribution in [2.75, 3.05) is 6.26 Å². The summed E-state index contributed by atoms with van der Waals surface area (Å²) in [5.74, 6) is -1.39. The average Bonchev–Trinajstić information content (AvgIpc) is 3.44. The molecule has 0 unspecified atom stereocenters. The molecular weight excluding hydrogens is 543 g/mol. The van der Waals surface area contributed by atoms with Gasteiger partial charge in [-0.25, -0.2) is 17.9 Å². The Bertz CT molecular complexity index is 1670. The fourth-order valence-electron chi connectivity index (χ4n) is 3.95. The zero-order valence-corrected chi connectivity index (χ0v) is 22.8. The number of ether oxygens (including phenoxy) is 1. The average molecular weight is 565 g/mol. The molecule has 0 amide bonds. The van der Waals surface area contributed by atoms with Crippen LogP contribution >= 0.6 is 23.2 Å². The summed E-state index contributed by atoms with van der Waals surface area (Å²) in [5.41, 5.74) is 1.17. The van der Waals surface area contributed by atoms with Crippen molar-refractivity contribution in [3.8, 4) is 5.88 Å². The van der Waals surface area contributed by atoms with Crippen molar-refractivity contribution in [2.24, 2.45) is 14.1 Å². The first-order valence-electron chi connectivity index (χ1n) is 10.8. The predicted molar refractivity (Wildman–Crippen MR) is 135 cm³/mol. The van der Waals surface area contributed by atoms with Gasteiger partial charge >= 0.3 is 5.97 Å². The van der Waals surface area contributed by atoms with Crippen LogP contribution in [-0.2, 0) is 30.5 Å². The van der Waals surface area contributed by atoms with Crippen molar-refractivity contribution in [2.45, 2.75) is 25.3 Å². The summed E-state index contributed by atoms with van der Waals surface area (Å²) in [6, 6.07) is 2.63. The number of carbonyl (C=O) groups excluding carboxylic acids is 2. The fraction of sp³-hybridized carbons (Fsp3) is 0.261. The van der Waals surface area contributed by atoms with Crippen molar-refractivity contribution < 1.29 is 22.7 Å². The number of aryl methyl sites for hydroxylation is 4. The lowest BCUT2D eigenvalue weighted by atomic mass is 10.0. The summed E-state index contributed by atoms with van der Waals surface area (Å²) >= 11 is 12.6. The van der Waals surface area contributed by atoms with Gasteiger partial charge in [-0.15, -0.1) is 0 Å². The second-order valence-corrected chi connectivity index (χ2v) is 11.2. The maximum atomic E-state index is 13.7. The van der Waals surface area contributed by atoms with E-state index < -0.39 is 21.6 Å². The third kappa shape index (κ3) is 5.17. The second-order valence-electron chi connectivity index (χ2n) is 8.44. The van der Waals surface area contributed by atoms with Gasteiger partial charge < -0.3 is 4.74 Å². The van der Waals surface area contributed by atoms with E-state index in [1.807, 2.05) is 0 Å². The van der Waals surface area contributed by atoms with E-state index in [-0.39, 0.29) is 44.6 Å². The van der Waals surface area contributed by atoms with Gasteiger partial charge in [-0.1, -0.05) is 23.2 Å². The predicted octanol–water partition coefficient (Wildman–Crippen LogP) is 3.18. The summed E-state index contributed by atoms with van der Waals surface area (Å²) in [6.45, 7) is 3.20. The standard InChI is InChI=1S/C23H22Cl2N6O5S/c1-12-16(10-29(3)27-12)23(33)36-22-19(13(2)28-30(22)4)21(32)15-6-7-18(37(5,34)35)17(20(15)25)11-31-9-14(24)8-26-31/h6-10H,11H2,1-5H3. The number of ketones is 1. The number of aromatic nitrogens is 6. The van der Waals surface area contributed by atoms with Gasteiger partial charge in [-0.3, -0.25) is 14.2 Å². The number of hydrogen-bond donors (Lipinski definition) is 0. The van der Waals surface area contributed by atoms with Crippen LogP contribution in [-0.4, -0.2) is 55.8 Å². The Kier molecular flexibility index (Phi) is 7.01. The van der Waals surface area contributed by atoms with Gasteiger partial charge in [0.2, 0.25) is 11.7 Å². The molecule has 0 aliphatic heterocycles. The van der Waals surface area contributed by atoms with Crippen LogP contribution in [0.5, 0.6) is 5.88 Å². The van der Waals surface area contributed by atoms with Crippen molar-refractivity contribution in [3.05, 3.63) is 74.4 Å². The quantitative estimate of drug-likeness (QED) is 0.247. The Labute approximate surface area is 222 Å². The Morgan fingerprint density at radius 1 is 1.03 bits per heavy atom. The zero-order valence-electron chi connectivity index (χ0n) is 20.5. The molecule has 0 bridgehead atoms. The molecule has 194 valence electrons. The van der Waals surface area contributed by atoms with Gasteiger partial charge in [0.1, 0.15) is 11.1 Å². The highest BCUT2D eigenvalue weighted by molar-refractivity contribution is 7.90. The number of hydrogen-bond acceptors (Lipinski definition) is 8. The Hall–Kier alpha value is -3.48. The van der Waals surface area contributed by atoms with Crippen LogP contribution in [0.2, 0.25) is 10.0 Å². The fourth-order valence-corrected chi connectivity index (χ4v) is 5.41. The lowest BCUT2D eigenvalue weighted by Crippen LogP contribution is -2.15. The number of sulfone groups is 1. The van der Waals surface area contributed by atoms with Gasteiger partial charge in [-0.2, -0.15) is 15.3 Å². The van der Waals surface area contributed by atoms with Crippen molar-refractivity contribution in [3.63, 3.8) is 0 Å². The van der Waals surface area contributed by atoms with Crippen LogP contribution < -0.4 is 4.74 Å². The summed E-state index contributed by atoms with van der Waals surface area (Å²) in [4.78, 5) is 26.6. The van der Waals surface area contributed by atoms with E-state index >= 15 is 0 Å². The lowest BCUT2D eigenvalue weighted by molar-refractivity contribution is 0.0717. The van der Waals surface area contributed by atoms with Crippen LogP contribution in [0, 0.1) is 13.8 Å². The Balaban J connectivity index is 1.80. The van der Waals surface area contributed by atoms with E-state index in [9.17, 15) is 18.0 Å². The summed E-state index contributed by atoms with van der Waals surface area (Å²) in [6.07, 6.45) is 5.45. The van der Waals surface area contributed by atoms with Crippen LogP contribution in [0.15, 0.2) is 35.6 Å². The molecule has 0 atom stereocenters. The summed E-state index contributed by atoms with van der Waals surface area (Å²) < 4.78 is 34.7. The number of nitrogens with zero attached hydrogens (tertiary/aromatic N) is 6. The molecule has 0 aliphatic carbocycles. The molecule has 14 heteroatoms. The van der Waals surface area contributed by atoms with Crippen LogP contribution in [0.3, 0.4) is 0 Å². The molecule has 0 N–H and O–H groups in total. The van der Waals surface area contributed by atoms with Crippen LogP contribution in [0.25, 0.3) is 0 Å². The molecule has 0 aliphatic rings. The molecule has 0 fully saturated rings. The van der Waals surface area contributed by atoms with Gasteiger partial charge in [-0.05, 0) is 26.0 Å². The van der Waals surface area contributed by atoms with Crippen LogP contribution in [0.4, 0.5) is 0 Å². The molecular formula is C23H22Cl2N6O5S. The maximum absolute atomic E-state index is 13.7. The molecule has 37 heavy (non-hydrogen) atoms. The van der Waals surface area contributed by atoms with Crippen molar-refractivity contribution in [1.29, 1.82) is 0 Å². The van der Waals surface area contributed by atoms with Crippen molar-refractivity contribution >= 4 is 44.8 Å². The number of carbonyl (C=O) groups is 2. The van der Waals surface area contributed by atoms with E-state index in [0.717, 1.165) is 6.26 Å². The molecule has 1 aromatic carbocycles. The molecule has 0 saturated carbocycles. The molecule has 3 heterocycles. The second kappa shape index (κ2) is 9.77. The third-order valence-electron chi connectivity index (χ3n) is 5.59. The molecule has 3 aromatic heterocycles. The van der Waals surface area contributed by atoms with Crippen LogP contribution in [0.1, 0.15) is 43.2 Å². The Morgan fingerprint density at radius 3 is 2.30 bits per heavy atom. The minimum Gasteiger partial charge on any atom is -0.403 e. The highest BCUT2D eigenvalue weighted by Crippen LogP contribution is 2.33. The highest BCUT2D eigenvalue weighted by Gasteiger charge is 2.30. The van der Waals surface area contributed by atoms with Crippen molar-refractivity contribution in [1.82, 2.24) is 29.3 Å². The van der Waals surface area contributed by atoms with Gasteiger partial charge in [0.15, 0.2) is 9.84 Å². The minimum atomic E-state index is -3.70.